The van der Waals surface area contributed by atoms with E-state index in [0.29, 0.717) is 0 Å². The van der Waals surface area contributed by atoms with Crippen LogP contribution in [0.4, 0.5) is 0 Å². The van der Waals surface area contributed by atoms with Gasteiger partial charge >= 0.3 is 5.97 Å². The molecule has 0 aliphatic carbocycles. The quantitative estimate of drug-likeness (QED) is 0.421. The number of ether oxygens (including phenoxy) is 1. The number of H-pyrrole nitrogens is 1. The fourth-order valence-corrected chi connectivity index (χ4v) is 6.13. The van der Waals surface area contributed by atoms with Crippen molar-refractivity contribution < 1.29 is 9.53 Å². The summed E-state index contributed by atoms with van der Waals surface area (Å²) in [7, 11) is 1.45. The lowest BCUT2D eigenvalue weighted by Crippen LogP contribution is -2.37. The molecule has 0 bridgehead atoms. The zero-order chi connectivity index (χ0) is 21.4. The number of benzene rings is 3. The van der Waals surface area contributed by atoms with Gasteiger partial charge in [-0.05, 0) is 35.8 Å². The van der Waals surface area contributed by atoms with E-state index in [1.807, 2.05) is 67.6 Å². The minimum absolute atomic E-state index is 0.264. The number of hydrogen-bond acceptors (Lipinski definition) is 4. The highest BCUT2D eigenvalue weighted by atomic mass is 32.2. The number of fused-ring (bicyclic) bond motifs is 1. The molecule has 2 heterocycles. The molecule has 3 aromatic carbocycles. The Balaban J connectivity index is 1.80. The summed E-state index contributed by atoms with van der Waals surface area (Å²) in [6, 6.07) is 28.3. The van der Waals surface area contributed by atoms with E-state index in [2.05, 4.69) is 29.2 Å². The summed E-state index contributed by atoms with van der Waals surface area (Å²) in [6.45, 7) is 2.03. The molecule has 0 spiro atoms. The van der Waals surface area contributed by atoms with E-state index in [0.717, 1.165) is 38.5 Å². The molecule has 1 N–H and O–H groups in total. The van der Waals surface area contributed by atoms with Crippen LogP contribution >= 0.6 is 11.8 Å². The summed E-state index contributed by atoms with van der Waals surface area (Å²) in [4.78, 5) is 22.8. The van der Waals surface area contributed by atoms with E-state index >= 15 is 0 Å². The van der Waals surface area contributed by atoms with Crippen molar-refractivity contribution in [3.05, 3.63) is 107 Å². The van der Waals surface area contributed by atoms with Crippen molar-refractivity contribution in [2.24, 2.45) is 5.92 Å². The maximum atomic E-state index is 13.3. The molecular formula is C26H22N2O2S. The van der Waals surface area contributed by atoms with Gasteiger partial charge in [-0.3, -0.25) is 4.79 Å². The first-order valence-electron chi connectivity index (χ1n) is 10.2. The molecule has 1 aromatic heterocycles. The molecular weight excluding hydrogens is 404 g/mol. The molecule has 5 rings (SSSR count). The number of nitrogens with one attached hydrogen (secondary N) is 1. The van der Waals surface area contributed by atoms with E-state index in [4.69, 9.17) is 9.72 Å². The van der Waals surface area contributed by atoms with Gasteiger partial charge in [0.25, 0.3) is 0 Å². The molecule has 31 heavy (non-hydrogen) atoms. The largest absolute Gasteiger partial charge is 0.468 e. The molecule has 1 aliphatic rings. The lowest BCUT2D eigenvalue weighted by Gasteiger charge is -2.33. The number of aromatic nitrogens is 2. The number of methoxy groups -OCH3 is 1. The highest BCUT2D eigenvalue weighted by Crippen LogP contribution is 2.62. The molecule has 0 fully saturated rings. The predicted molar refractivity (Wildman–Crippen MR) is 125 cm³/mol. The van der Waals surface area contributed by atoms with Crippen LogP contribution in [0.3, 0.4) is 0 Å². The molecule has 1 aliphatic heterocycles. The summed E-state index contributed by atoms with van der Waals surface area (Å²) < 4.78 is 4.57. The number of carbonyl (C=O) groups is 1. The molecule has 154 valence electrons. The Labute approximate surface area is 185 Å². The summed E-state index contributed by atoms with van der Waals surface area (Å²) in [5, 5.41) is 0. The van der Waals surface area contributed by atoms with Gasteiger partial charge < -0.3 is 9.72 Å². The van der Waals surface area contributed by atoms with Gasteiger partial charge in [0, 0.05) is 4.91 Å². The number of esters is 1. The minimum Gasteiger partial charge on any atom is -0.468 e. The van der Waals surface area contributed by atoms with Crippen molar-refractivity contribution >= 4 is 33.7 Å². The predicted octanol–water partition coefficient (Wildman–Crippen LogP) is 5.77. The summed E-state index contributed by atoms with van der Waals surface area (Å²) in [5.41, 5.74) is 4.92. The van der Waals surface area contributed by atoms with Crippen LogP contribution in [0, 0.1) is 5.92 Å². The molecule has 2 atom stereocenters. The van der Waals surface area contributed by atoms with Crippen LogP contribution in [0.2, 0.25) is 0 Å². The average Bonchev–Trinajstić information content (AvgIpc) is 3.39. The highest BCUT2D eigenvalue weighted by Gasteiger charge is 2.56. The minimum atomic E-state index is -0.761. The van der Waals surface area contributed by atoms with Crippen LogP contribution in [0.15, 0.2) is 90.5 Å². The van der Waals surface area contributed by atoms with E-state index in [1.165, 1.54) is 7.11 Å². The Bertz CT molecular complexity index is 1250. The fraction of sp³-hybridized carbons (Fsp3) is 0.154. The first-order valence-corrected chi connectivity index (χ1v) is 11.0. The second kappa shape index (κ2) is 7.75. The third-order valence-corrected chi connectivity index (χ3v) is 7.63. The number of para-hydroxylation sites is 2. The van der Waals surface area contributed by atoms with Crippen LogP contribution in [-0.2, 0) is 14.3 Å². The van der Waals surface area contributed by atoms with Gasteiger partial charge in [-0.1, -0.05) is 72.8 Å². The number of thioether (sulfide) groups is 1. The maximum Gasteiger partial charge on any atom is 0.315 e. The fourth-order valence-electron chi connectivity index (χ4n) is 4.43. The van der Waals surface area contributed by atoms with E-state index < -0.39 is 10.7 Å². The van der Waals surface area contributed by atoms with Crippen molar-refractivity contribution in [1.29, 1.82) is 0 Å². The smallest absolute Gasteiger partial charge is 0.315 e. The van der Waals surface area contributed by atoms with Gasteiger partial charge in [0.2, 0.25) is 0 Å². The van der Waals surface area contributed by atoms with Crippen molar-refractivity contribution in [2.75, 3.05) is 7.11 Å². The highest BCUT2D eigenvalue weighted by molar-refractivity contribution is 8.09. The number of carbonyl (C=O) groups excluding carboxylic acids is 1. The lowest BCUT2D eigenvalue weighted by atomic mass is 9.80. The zero-order valence-electron chi connectivity index (χ0n) is 17.3. The third kappa shape index (κ3) is 3.08. The van der Waals surface area contributed by atoms with Crippen LogP contribution < -0.4 is 0 Å². The van der Waals surface area contributed by atoms with Crippen LogP contribution in [0.1, 0.15) is 23.9 Å². The van der Waals surface area contributed by atoms with E-state index in [1.54, 1.807) is 11.8 Å². The topological polar surface area (TPSA) is 55.0 Å². The van der Waals surface area contributed by atoms with Gasteiger partial charge in [0.15, 0.2) is 0 Å². The first kappa shape index (κ1) is 19.6. The van der Waals surface area contributed by atoms with Gasteiger partial charge in [-0.15, -0.1) is 11.8 Å². The van der Waals surface area contributed by atoms with Crippen molar-refractivity contribution in [1.82, 2.24) is 9.97 Å². The molecule has 0 radical (unpaired) electrons. The number of rotatable bonds is 4. The standard InChI is InChI=1S/C26H22N2O2S/c1-17-22(24(29)30-2)26(19-13-7-4-8-14-19,31-23(17)18-11-5-3-6-12-18)25-27-20-15-9-10-16-21(20)28-25/h3-16,22H,1-2H3,(H,27,28)/t22-,26-/m1/s1. The number of nitrogens with zero attached hydrogens (tertiary/aromatic N) is 1. The Morgan fingerprint density at radius 3 is 2.29 bits per heavy atom. The van der Waals surface area contributed by atoms with Gasteiger partial charge in [-0.25, -0.2) is 4.98 Å². The molecule has 4 aromatic rings. The Kier molecular flexibility index (Phi) is 4.91. The molecule has 0 unspecified atom stereocenters. The lowest BCUT2D eigenvalue weighted by molar-refractivity contribution is -0.144. The maximum absolute atomic E-state index is 13.3. The van der Waals surface area contributed by atoms with Crippen molar-refractivity contribution in [3.8, 4) is 0 Å². The number of hydrogen-bond donors (Lipinski definition) is 1. The normalized spacial score (nSPS) is 20.9. The summed E-state index contributed by atoms with van der Waals surface area (Å²) in [5.74, 6) is -0.0218. The Morgan fingerprint density at radius 2 is 1.61 bits per heavy atom. The van der Waals surface area contributed by atoms with Gasteiger partial charge in [0.1, 0.15) is 16.5 Å². The second-order valence-corrected chi connectivity index (χ2v) is 8.90. The van der Waals surface area contributed by atoms with E-state index in [9.17, 15) is 4.79 Å². The molecule has 4 nitrogen and oxygen atoms in total. The van der Waals surface area contributed by atoms with Gasteiger partial charge in [0.05, 0.1) is 18.1 Å². The first-order chi connectivity index (χ1) is 15.1. The number of imidazole rings is 1. The van der Waals surface area contributed by atoms with Crippen LogP contribution in [-0.4, -0.2) is 23.0 Å². The third-order valence-electron chi connectivity index (χ3n) is 5.88. The van der Waals surface area contributed by atoms with Gasteiger partial charge in [-0.2, -0.15) is 0 Å². The van der Waals surface area contributed by atoms with Crippen molar-refractivity contribution in [2.45, 2.75) is 11.7 Å². The molecule has 0 amide bonds. The Morgan fingerprint density at radius 1 is 0.968 bits per heavy atom. The summed E-state index contributed by atoms with van der Waals surface area (Å²) in [6.07, 6.45) is 0. The van der Waals surface area contributed by atoms with Crippen LogP contribution in [0.25, 0.3) is 15.9 Å². The van der Waals surface area contributed by atoms with E-state index in [-0.39, 0.29) is 5.97 Å². The SMILES string of the molecule is COC(=O)[C@H]1C(C)=C(c2ccccc2)S[C@@]1(c1ccccc1)c1nc2ccccc2[nH]1. The van der Waals surface area contributed by atoms with Crippen LogP contribution in [0.5, 0.6) is 0 Å². The Hall–Kier alpha value is -3.31. The zero-order valence-corrected chi connectivity index (χ0v) is 18.1. The number of aromatic amines is 1. The summed E-state index contributed by atoms with van der Waals surface area (Å²) >= 11 is 1.68. The molecule has 0 saturated heterocycles. The second-order valence-electron chi connectivity index (χ2n) is 7.64. The molecule has 5 heteroatoms. The van der Waals surface area contributed by atoms with Crippen molar-refractivity contribution in [3.63, 3.8) is 0 Å². The molecule has 0 saturated carbocycles. The monoisotopic (exact) mass is 426 g/mol. The average molecular weight is 427 g/mol.